The SMILES string of the molecule is CNC(C(=O)N1CC2(CCCC2)c2ccccc21)c1cnn(C)c1.Cl. The maximum atomic E-state index is 13.3. The van der Waals surface area contributed by atoms with Crippen LogP contribution in [0.3, 0.4) is 0 Å². The van der Waals surface area contributed by atoms with Gasteiger partial charge >= 0.3 is 0 Å². The summed E-state index contributed by atoms with van der Waals surface area (Å²) in [5.74, 6) is 0.113. The van der Waals surface area contributed by atoms with Crippen molar-refractivity contribution >= 4 is 24.0 Å². The van der Waals surface area contributed by atoms with E-state index in [-0.39, 0.29) is 29.8 Å². The zero-order chi connectivity index (χ0) is 16.7. The van der Waals surface area contributed by atoms with Gasteiger partial charge in [0, 0.05) is 36.5 Å². The summed E-state index contributed by atoms with van der Waals surface area (Å²) in [5.41, 5.74) is 3.53. The Balaban J connectivity index is 0.00000182. The molecule has 0 bridgehead atoms. The summed E-state index contributed by atoms with van der Waals surface area (Å²) in [7, 11) is 3.71. The Morgan fingerprint density at radius 1 is 1.28 bits per heavy atom. The highest BCUT2D eigenvalue weighted by Crippen LogP contribution is 2.50. The fourth-order valence-corrected chi connectivity index (χ4v) is 4.48. The van der Waals surface area contributed by atoms with Gasteiger partial charge in [0.05, 0.1) is 6.20 Å². The van der Waals surface area contributed by atoms with E-state index in [0.717, 1.165) is 17.8 Å². The predicted molar refractivity (Wildman–Crippen MR) is 101 cm³/mol. The number of anilines is 1. The first-order valence-corrected chi connectivity index (χ1v) is 8.71. The molecule has 1 aliphatic heterocycles. The third kappa shape index (κ3) is 2.85. The van der Waals surface area contributed by atoms with Gasteiger partial charge in [0.25, 0.3) is 0 Å². The lowest BCUT2D eigenvalue weighted by molar-refractivity contribution is -0.120. The first-order chi connectivity index (χ1) is 11.6. The van der Waals surface area contributed by atoms with Crippen molar-refractivity contribution in [2.45, 2.75) is 37.1 Å². The fraction of sp³-hybridized carbons (Fsp3) is 0.474. The number of rotatable bonds is 3. The molecule has 5 nitrogen and oxygen atoms in total. The smallest absolute Gasteiger partial charge is 0.248 e. The Labute approximate surface area is 154 Å². The standard InChI is InChI=1S/C19H24N4O.ClH/c1-20-17(14-11-21-22(2)12-14)18(24)23-13-19(9-5-6-10-19)15-7-3-4-8-16(15)23;/h3-4,7-8,11-12,17,20H,5-6,9-10,13H2,1-2H3;1H. The fourth-order valence-electron chi connectivity index (χ4n) is 4.48. The molecule has 1 unspecified atom stereocenters. The van der Waals surface area contributed by atoms with Crippen molar-refractivity contribution in [2.24, 2.45) is 7.05 Å². The lowest BCUT2D eigenvalue weighted by atomic mass is 9.81. The second-order valence-corrected chi connectivity index (χ2v) is 7.10. The van der Waals surface area contributed by atoms with Gasteiger partial charge in [-0.3, -0.25) is 9.48 Å². The van der Waals surface area contributed by atoms with E-state index in [9.17, 15) is 4.79 Å². The number of aromatic nitrogens is 2. The highest BCUT2D eigenvalue weighted by atomic mass is 35.5. The molecule has 1 N–H and O–H groups in total. The largest absolute Gasteiger partial charge is 0.310 e. The zero-order valence-electron chi connectivity index (χ0n) is 14.7. The van der Waals surface area contributed by atoms with Gasteiger partial charge in [-0.2, -0.15) is 5.10 Å². The molecule has 1 atom stereocenters. The number of para-hydroxylation sites is 1. The first-order valence-electron chi connectivity index (χ1n) is 8.71. The highest BCUT2D eigenvalue weighted by molar-refractivity contribution is 6.00. The number of benzene rings is 1. The molecule has 25 heavy (non-hydrogen) atoms. The molecule has 2 aliphatic rings. The summed E-state index contributed by atoms with van der Waals surface area (Å²) >= 11 is 0. The van der Waals surface area contributed by atoms with E-state index < -0.39 is 0 Å². The predicted octanol–water partition coefficient (Wildman–Crippen LogP) is 2.96. The van der Waals surface area contributed by atoms with E-state index in [4.69, 9.17) is 0 Å². The Morgan fingerprint density at radius 2 is 2.00 bits per heavy atom. The summed E-state index contributed by atoms with van der Waals surface area (Å²) in [4.78, 5) is 15.3. The van der Waals surface area contributed by atoms with Crippen molar-refractivity contribution in [2.75, 3.05) is 18.5 Å². The zero-order valence-corrected chi connectivity index (χ0v) is 15.6. The van der Waals surface area contributed by atoms with Crippen LogP contribution in [-0.2, 0) is 17.3 Å². The molecule has 1 aromatic heterocycles. The van der Waals surface area contributed by atoms with Crippen LogP contribution in [0.5, 0.6) is 0 Å². The number of hydrogen-bond donors (Lipinski definition) is 1. The number of likely N-dealkylation sites (N-methyl/N-ethyl adjacent to an activating group) is 1. The van der Waals surface area contributed by atoms with Crippen molar-refractivity contribution in [3.63, 3.8) is 0 Å². The van der Waals surface area contributed by atoms with Crippen molar-refractivity contribution in [3.05, 3.63) is 47.8 Å². The summed E-state index contributed by atoms with van der Waals surface area (Å²) in [6.07, 6.45) is 8.57. The van der Waals surface area contributed by atoms with Gasteiger partial charge in [-0.15, -0.1) is 12.4 Å². The van der Waals surface area contributed by atoms with Gasteiger partial charge in [-0.1, -0.05) is 31.0 Å². The van der Waals surface area contributed by atoms with E-state index in [1.165, 1.54) is 31.2 Å². The van der Waals surface area contributed by atoms with Crippen LogP contribution in [0.1, 0.15) is 42.9 Å². The number of nitrogens with one attached hydrogen (secondary N) is 1. The number of amides is 1. The number of carbonyl (C=O) groups is 1. The molecular formula is C19H25ClN4O. The number of carbonyl (C=O) groups excluding carboxylic acids is 1. The molecule has 1 aliphatic carbocycles. The van der Waals surface area contributed by atoms with Crippen molar-refractivity contribution < 1.29 is 4.79 Å². The third-order valence-electron chi connectivity index (χ3n) is 5.65. The van der Waals surface area contributed by atoms with Crippen LogP contribution < -0.4 is 10.2 Å². The maximum absolute atomic E-state index is 13.3. The molecular weight excluding hydrogens is 336 g/mol. The number of fused-ring (bicyclic) bond motifs is 2. The highest BCUT2D eigenvalue weighted by Gasteiger charge is 2.47. The lowest BCUT2D eigenvalue weighted by Gasteiger charge is -2.27. The summed E-state index contributed by atoms with van der Waals surface area (Å²) in [6.45, 7) is 0.809. The molecule has 0 radical (unpaired) electrons. The van der Waals surface area contributed by atoms with Crippen molar-refractivity contribution in [3.8, 4) is 0 Å². The minimum atomic E-state index is -0.358. The van der Waals surface area contributed by atoms with Gasteiger partial charge in [-0.25, -0.2) is 0 Å². The summed E-state index contributed by atoms with van der Waals surface area (Å²) in [5, 5.41) is 7.39. The quantitative estimate of drug-likeness (QED) is 0.915. The Kier molecular flexibility index (Phi) is 4.89. The van der Waals surface area contributed by atoms with E-state index in [0.29, 0.717) is 0 Å². The second-order valence-electron chi connectivity index (χ2n) is 7.10. The van der Waals surface area contributed by atoms with Crippen LogP contribution in [0, 0.1) is 0 Å². The second kappa shape index (κ2) is 6.81. The summed E-state index contributed by atoms with van der Waals surface area (Å²) in [6, 6.07) is 8.08. The number of hydrogen-bond acceptors (Lipinski definition) is 3. The van der Waals surface area contributed by atoms with E-state index in [1.807, 2.05) is 31.3 Å². The third-order valence-corrected chi connectivity index (χ3v) is 5.65. The molecule has 6 heteroatoms. The van der Waals surface area contributed by atoms with Gasteiger partial charge in [0.15, 0.2) is 0 Å². The molecule has 1 amide bonds. The molecule has 2 heterocycles. The average molecular weight is 361 g/mol. The molecule has 2 aromatic rings. The Bertz CT molecular complexity index is 766. The van der Waals surface area contributed by atoms with Crippen LogP contribution in [-0.4, -0.2) is 29.3 Å². The molecule has 1 fully saturated rings. The lowest BCUT2D eigenvalue weighted by Crippen LogP contribution is -2.41. The Morgan fingerprint density at radius 3 is 2.64 bits per heavy atom. The number of nitrogens with zero attached hydrogens (tertiary/aromatic N) is 3. The minimum absolute atomic E-state index is 0. The van der Waals surface area contributed by atoms with Crippen molar-refractivity contribution in [1.82, 2.24) is 15.1 Å². The van der Waals surface area contributed by atoms with Crippen LogP contribution >= 0.6 is 12.4 Å². The minimum Gasteiger partial charge on any atom is -0.310 e. The van der Waals surface area contributed by atoms with Gasteiger partial charge in [-0.05, 0) is 31.5 Å². The average Bonchev–Trinajstić information content (AvgIpc) is 3.30. The molecule has 1 aromatic carbocycles. The number of aryl methyl sites for hydroxylation is 1. The molecule has 1 saturated carbocycles. The maximum Gasteiger partial charge on any atom is 0.248 e. The molecule has 134 valence electrons. The topological polar surface area (TPSA) is 50.2 Å². The van der Waals surface area contributed by atoms with Gasteiger partial charge in [0.1, 0.15) is 6.04 Å². The van der Waals surface area contributed by atoms with Crippen LogP contribution in [0.2, 0.25) is 0 Å². The van der Waals surface area contributed by atoms with E-state index in [2.05, 4.69) is 28.6 Å². The van der Waals surface area contributed by atoms with E-state index >= 15 is 0 Å². The van der Waals surface area contributed by atoms with Crippen LogP contribution in [0.15, 0.2) is 36.7 Å². The van der Waals surface area contributed by atoms with Crippen LogP contribution in [0.25, 0.3) is 0 Å². The van der Waals surface area contributed by atoms with E-state index in [1.54, 1.807) is 10.9 Å². The Hall–Kier alpha value is -1.85. The van der Waals surface area contributed by atoms with Crippen LogP contribution in [0.4, 0.5) is 5.69 Å². The molecule has 4 rings (SSSR count). The first kappa shape index (κ1) is 18.0. The summed E-state index contributed by atoms with van der Waals surface area (Å²) < 4.78 is 1.74. The van der Waals surface area contributed by atoms with Gasteiger partial charge in [0.2, 0.25) is 5.91 Å². The normalized spacial score (nSPS) is 18.9. The molecule has 0 saturated heterocycles. The van der Waals surface area contributed by atoms with Crippen molar-refractivity contribution in [1.29, 1.82) is 0 Å². The molecule has 1 spiro atoms. The number of halogens is 1. The van der Waals surface area contributed by atoms with Gasteiger partial charge < -0.3 is 10.2 Å². The monoisotopic (exact) mass is 360 g/mol.